The van der Waals surface area contributed by atoms with Gasteiger partial charge in [0.05, 0.1) is 11.2 Å². The Balaban J connectivity index is 1.78. The molecule has 3 heterocycles. The van der Waals surface area contributed by atoms with E-state index in [2.05, 4.69) is 25.3 Å². The summed E-state index contributed by atoms with van der Waals surface area (Å²) in [7, 11) is 0. The van der Waals surface area contributed by atoms with Crippen molar-refractivity contribution in [1.82, 2.24) is 24.5 Å². The number of fused-ring (bicyclic) bond motifs is 1. The van der Waals surface area contributed by atoms with E-state index < -0.39 is 0 Å². The molecule has 7 heteroatoms. The lowest BCUT2D eigenvalue weighted by molar-refractivity contribution is 0.977. The monoisotopic (exact) mass is 303 g/mol. The highest BCUT2D eigenvalue weighted by molar-refractivity contribution is 5.92. The number of rotatable bonds is 3. The zero-order valence-electron chi connectivity index (χ0n) is 12.1. The SMILES string of the molecule is Nc1c(Nc2cccc3cccnc23)ncnc1-n1ccnc1. The third kappa shape index (κ3) is 2.34. The van der Waals surface area contributed by atoms with Crippen molar-refractivity contribution in [2.75, 3.05) is 11.1 Å². The van der Waals surface area contributed by atoms with Gasteiger partial charge >= 0.3 is 0 Å². The third-order valence-electron chi connectivity index (χ3n) is 3.50. The Morgan fingerprint density at radius 3 is 2.78 bits per heavy atom. The summed E-state index contributed by atoms with van der Waals surface area (Å²) in [5, 5.41) is 4.29. The maximum absolute atomic E-state index is 6.21. The standard InChI is InChI=1S/C16H13N7/c17-13-15(20-9-21-16(13)23-8-7-18-10-23)22-12-5-1-3-11-4-2-6-19-14(11)12/h1-10H,17H2,(H,20,21,22). The molecule has 0 amide bonds. The Morgan fingerprint density at radius 1 is 1.00 bits per heavy atom. The van der Waals surface area contributed by atoms with Gasteiger partial charge in [0.1, 0.15) is 18.3 Å². The Bertz CT molecular complexity index is 958. The number of nitrogens with zero attached hydrogens (tertiary/aromatic N) is 5. The van der Waals surface area contributed by atoms with Gasteiger partial charge < -0.3 is 11.1 Å². The molecule has 4 rings (SSSR count). The minimum atomic E-state index is 0.443. The van der Waals surface area contributed by atoms with Gasteiger partial charge in [-0.2, -0.15) is 0 Å². The van der Waals surface area contributed by atoms with Crippen molar-refractivity contribution in [1.29, 1.82) is 0 Å². The van der Waals surface area contributed by atoms with Gasteiger partial charge in [0.15, 0.2) is 11.6 Å². The van der Waals surface area contributed by atoms with Crippen LogP contribution >= 0.6 is 0 Å². The zero-order valence-corrected chi connectivity index (χ0v) is 12.1. The van der Waals surface area contributed by atoms with Crippen LogP contribution in [0.3, 0.4) is 0 Å². The summed E-state index contributed by atoms with van der Waals surface area (Å²) in [5.41, 5.74) is 8.35. The fourth-order valence-corrected chi connectivity index (χ4v) is 2.41. The molecule has 0 fully saturated rings. The lowest BCUT2D eigenvalue weighted by Crippen LogP contribution is -2.06. The second kappa shape index (κ2) is 5.38. The van der Waals surface area contributed by atoms with Gasteiger partial charge in [-0.15, -0.1) is 0 Å². The summed E-state index contributed by atoms with van der Waals surface area (Å²) < 4.78 is 1.74. The molecule has 0 spiro atoms. The number of hydrogen-bond donors (Lipinski definition) is 2. The molecule has 0 radical (unpaired) electrons. The lowest BCUT2D eigenvalue weighted by Gasteiger charge is -2.12. The molecule has 0 bridgehead atoms. The van der Waals surface area contributed by atoms with Crippen LogP contribution in [0.2, 0.25) is 0 Å². The van der Waals surface area contributed by atoms with Crippen LogP contribution < -0.4 is 11.1 Å². The minimum absolute atomic E-state index is 0.443. The quantitative estimate of drug-likeness (QED) is 0.604. The number of nitrogens with two attached hydrogens (primary N) is 1. The fraction of sp³-hybridized carbons (Fsp3) is 0. The Labute approximate surface area is 131 Å². The van der Waals surface area contributed by atoms with Gasteiger partial charge in [-0.3, -0.25) is 9.55 Å². The van der Waals surface area contributed by atoms with Crippen LogP contribution in [-0.4, -0.2) is 24.5 Å². The molecule has 4 aromatic rings. The number of hydrogen-bond acceptors (Lipinski definition) is 6. The second-order valence-corrected chi connectivity index (χ2v) is 4.94. The summed E-state index contributed by atoms with van der Waals surface area (Å²) in [6.45, 7) is 0. The summed E-state index contributed by atoms with van der Waals surface area (Å²) in [4.78, 5) is 16.9. The molecule has 0 saturated heterocycles. The molecule has 0 aliphatic rings. The highest BCUT2D eigenvalue weighted by Crippen LogP contribution is 2.28. The molecule has 23 heavy (non-hydrogen) atoms. The van der Waals surface area contributed by atoms with Gasteiger partial charge in [-0.25, -0.2) is 15.0 Å². The fourth-order valence-electron chi connectivity index (χ4n) is 2.41. The first-order valence-corrected chi connectivity index (χ1v) is 7.02. The molecule has 3 N–H and O–H groups in total. The van der Waals surface area contributed by atoms with Crippen molar-refractivity contribution < 1.29 is 0 Å². The Kier molecular flexibility index (Phi) is 3.09. The van der Waals surface area contributed by atoms with Crippen LogP contribution in [-0.2, 0) is 0 Å². The lowest BCUT2D eigenvalue weighted by atomic mass is 10.2. The van der Waals surface area contributed by atoms with E-state index in [4.69, 9.17) is 5.73 Å². The first kappa shape index (κ1) is 13.2. The number of nitrogens with one attached hydrogen (secondary N) is 1. The highest BCUT2D eigenvalue weighted by Gasteiger charge is 2.11. The van der Waals surface area contributed by atoms with E-state index in [1.165, 1.54) is 6.33 Å². The molecule has 0 unspecified atom stereocenters. The molecule has 3 aromatic heterocycles. The average molecular weight is 303 g/mol. The molecule has 0 aliphatic carbocycles. The van der Waals surface area contributed by atoms with Crippen molar-refractivity contribution in [3.05, 3.63) is 61.6 Å². The van der Waals surface area contributed by atoms with Gasteiger partial charge in [0.25, 0.3) is 0 Å². The number of aromatic nitrogens is 5. The Hall–Kier alpha value is -3.48. The summed E-state index contributed by atoms with van der Waals surface area (Å²) in [6, 6.07) is 9.82. The molecule has 7 nitrogen and oxygen atoms in total. The molecule has 112 valence electrons. The van der Waals surface area contributed by atoms with Gasteiger partial charge in [0, 0.05) is 24.0 Å². The van der Waals surface area contributed by atoms with Crippen molar-refractivity contribution in [2.45, 2.75) is 0 Å². The molecular formula is C16H13N7. The summed E-state index contributed by atoms with van der Waals surface area (Å²) >= 11 is 0. The van der Waals surface area contributed by atoms with Crippen LogP contribution in [0.5, 0.6) is 0 Å². The van der Waals surface area contributed by atoms with E-state index in [1.54, 1.807) is 29.5 Å². The van der Waals surface area contributed by atoms with Crippen molar-refractivity contribution in [3.8, 4) is 5.82 Å². The third-order valence-corrected chi connectivity index (χ3v) is 3.50. The van der Waals surface area contributed by atoms with E-state index in [0.717, 1.165) is 16.6 Å². The van der Waals surface area contributed by atoms with Crippen molar-refractivity contribution in [2.24, 2.45) is 0 Å². The normalized spacial score (nSPS) is 10.8. The van der Waals surface area contributed by atoms with Crippen LogP contribution in [0.25, 0.3) is 16.7 Å². The van der Waals surface area contributed by atoms with E-state index >= 15 is 0 Å². The van der Waals surface area contributed by atoms with Crippen LogP contribution in [0.1, 0.15) is 0 Å². The number of pyridine rings is 1. The van der Waals surface area contributed by atoms with Crippen LogP contribution in [0.15, 0.2) is 61.6 Å². The minimum Gasteiger partial charge on any atom is -0.393 e. The van der Waals surface area contributed by atoms with Gasteiger partial charge in [0.2, 0.25) is 0 Å². The van der Waals surface area contributed by atoms with Gasteiger partial charge in [-0.1, -0.05) is 18.2 Å². The summed E-state index contributed by atoms with van der Waals surface area (Å²) in [6.07, 6.45) is 8.31. The predicted molar refractivity (Wildman–Crippen MR) is 88.6 cm³/mol. The number of benzene rings is 1. The maximum Gasteiger partial charge on any atom is 0.166 e. The zero-order chi connectivity index (χ0) is 15.6. The first-order chi connectivity index (χ1) is 11.3. The highest BCUT2D eigenvalue weighted by atomic mass is 15.1. The summed E-state index contributed by atoms with van der Waals surface area (Å²) in [5.74, 6) is 1.11. The molecule has 0 atom stereocenters. The molecule has 0 saturated carbocycles. The van der Waals surface area contributed by atoms with E-state index in [1.807, 2.05) is 30.3 Å². The average Bonchev–Trinajstić information content (AvgIpc) is 3.11. The van der Waals surface area contributed by atoms with E-state index in [9.17, 15) is 0 Å². The largest absolute Gasteiger partial charge is 0.393 e. The number of nitrogen functional groups attached to an aromatic ring is 1. The Morgan fingerprint density at radius 2 is 1.91 bits per heavy atom. The van der Waals surface area contributed by atoms with Crippen LogP contribution in [0, 0.1) is 0 Å². The maximum atomic E-state index is 6.21. The smallest absolute Gasteiger partial charge is 0.166 e. The second-order valence-electron chi connectivity index (χ2n) is 4.94. The predicted octanol–water partition coefficient (Wildman–Crippen LogP) is 2.54. The topological polar surface area (TPSA) is 94.5 Å². The number of anilines is 3. The molecular weight excluding hydrogens is 290 g/mol. The van der Waals surface area contributed by atoms with E-state index in [-0.39, 0.29) is 0 Å². The van der Waals surface area contributed by atoms with Gasteiger partial charge in [-0.05, 0) is 12.1 Å². The van der Waals surface area contributed by atoms with E-state index in [0.29, 0.717) is 17.3 Å². The number of imidazole rings is 1. The molecule has 0 aliphatic heterocycles. The molecule has 1 aromatic carbocycles. The van der Waals surface area contributed by atoms with Crippen molar-refractivity contribution >= 4 is 28.1 Å². The van der Waals surface area contributed by atoms with Crippen molar-refractivity contribution in [3.63, 3.8) is 0 Å². The number of para-hydroxylation sites is 1. The first-order valence-electron chi connectivity index (χ1n) is 7.02. The van der Waals surface area contributed by atoms with Crippen LogP contribution in [0.4, 0.5) is 17.2 Å².